The smallest absolute Gasteiger partial charge is 0.135 e. The summed E-state index contributed by atoms with van der Waals surface area (Å²) < 4.78 is 0. The molecular formula is C29H58N4O5. The van der Waals surface area contributed by atoms with E-state index in [0.29, 0.717) is 55.0 Å². The molecular weight excluding hydrogens is 484 g/mol. The van der Waals surface area contributed by atoms with Gasteiger partial charge in [-0.1, -0.05) is 27.4 Å². The van der Waals surface area contributed by atoms with Gasteiger partial charge >= 0.3 is 0 Å². The molecule has 224 valence electrons. The first-order valence-electron chi connectivity index (χ1n) is 12.1. The number of hydrogen-bond acceptors (Lipinski definition) is 9. The lowest BCUT2D eigenvalue weighted by molar-refractivity contribution is -0.117. The Kier molecular flexibility index (Phi) is 52.5. The normalized spacial score (nSPS) is 9.08. The van der Waals surface area contributed by atoms with Crippen molar-refractivity contribution in [1.82, 2.24) is 0 Å². The molecule has 0 bridgehead atoms. The van der Waals surface area contributed by atoms with Crippen LogP contribution in [-0.4, -0.2) is 57.2 Å². The predicted molar refractivity (Wildman–Crippen MR) is 164 cm³/mol. The van der Waals surface area contributed by atoms with Crippen LogP contribution in [-0.2, 0) is 19.2 Å². The molecule has 0 fully saturated rings. The van der Waals surface area contributed by atoms with Crippen molar-refractivity contribution in [1.29, 1.82) is 21.6 Å². The number of nitrogens with one attached hydrogen (secondary N) is 4. The lowest BCUT2D eigenvalue weighted by Crippen LogP contribution is -2.04. The van der Waals surface area contributed by atoms with E-state index in [2.05, 4.69) is 0 Å². The lowest BCUT2D eigenvalue weighted by atomic mass is 10.2. The molecule has 0 rings (SSSR count). The number of carbonyl (C=O) groups excluding carboxylic acids is 4. The Morgan fingerprint density at radius 1 is 0.658 bits per heavy atom. The molecule has 9 nitrogen and oxygen atoms in total. The van der Waals surface area contributed by atoms with Crippen molar-refractivity contribution < 1.29 is 24.3 Å². The second-order valence-corrected chi connectivity index (χ2v) is 8.45. The molecule has 5 N–H and O–H groups in total. The third-order valence-electron chi connectivity index (χ3n) is 3.04. The minimum atomic E-state index is -0.350. The van der Waals surface area contributed by atoms with Crippen molar-refractivity contribution in [2.75, 3.05) is 0 Å². The Bertz CT molecular complexity index is 660. The first-order valence-corrected chi connectivity index (χ1v) is 12.1. The molecule has 0 aromatic heterocycles. The third-order valence-corrected chi connectivity index (χ3v) is 3.04. The van der Waals surface area contributed by atoms with Gasteiger partial charge in [-0.05, 0) is 75.3 Å². The average molecular weight is 543 g/mol. The summed E-state index contributed by atoms with van der Waals surface area (Å²) in [4.78, 5) is 39.9. The molecule has 0 spiro atoms. The number of carbonyl (C=O) groups is 4. The van der Waals surface area contributed by atoms with Crippen LogP contribution in [0.25, 0.3) is 0 Å². The number of allylic oxidation sites excluding steroid dienone is 2. The van der Waals surface area contributed by atoms with Gasteiger partial charge in [0.05, 0.1) is 6.10 Å². The van der Waals surface area contributed by atoms with Crippen LogP contribution in [0.1, 0.15) is 123 Å². The summed E-state index contributed by atoms with van der Waals surface area (Å²) in [6.45, 7) is 20.1. The van der Waals surface area contributed by atoms with E-state index in [0.717, 1.165) is 0 Å². The molecule has 0 aliphatic carbocycles. The van der Waals surface area contributed by atoms with Gasteiger partial charge in [-0.15, -0.1) is 0 Å². The van der Waals surface area contributed by atoms with Gasteiger partial charge in [-0.25, -0.2) is 0 Å². The summed E-state index contributed by atoms with van der Waals surface area (Å²) >= 11 is 0. The lowest BCUT2D eigenvalue weighted by Gasteiger charge is -1.97. The van der Waals surface area contributed by atoms with E-state index in [1.54, 1.807) is 54.5 Å². The van der Waals surface area contributed by atoms with E-state index in [-0.39, 0.29) is 36.7 Å². The number of Topliss-reactive ketones (excluding diaryl/α,β-unsaturated/α-hetero) is 4. The Morgan fingerprint density at radius 3 is 0.921 bits per heavy atom. The maximum atomic E-state index is 10.1. The number of aliphatic hydroxyl groups excluding tert-OH is 1. The van der Waals surface area contributed by atoms with Crippen LogP contribution in [0.3, 0.4) is 0 Å². The van der Waals surface area contributed by atoms with E-state index in [9.17, 15) is 19.2 Å². The van der Waals surface area contributed by atoms with Crippen molar-refractivity contribution in [3.8, 4) is 0 Å². The van der Waals surface area contributed by atoms with Crippen LogP contribution in [0.2, 0.25) is 0 Å². The van der Waals surface area contributed by atoms with Crippen LogP contribution in [0, 0.1) is 21.6 Å². The zero-order valence-corrected chi connectivity index (χ0v) is 25.3. The fourth-order valence-electron chi connectivity index (χ4n) is 1.44. The number of hydrogen-bond donors (Lipinski definition) is 5. The van der Waals surface area contributed by atoms with E-state index >= 15 is 0 Å². The highest BCUT2D eigenvalue weighted by atomic mass is 16.3. The quantitative estimate of drug-likeness (QED) is 0.196. The van der Waals surface area contributed by atoms with E-state index in [4.69, 9.17) is 26.7 Å². The van der Waals surface area contributed by atoms with Gasteiger partial charge in [0.2, 0.25) is 0 Å². The van der Waals surface area contributed by atoms with Crippen LogP contribution >= 0.6 is 0 Å². The Morgan fingerprint density at radius 2 is 0.921 bits per heavy atom. The molecule has 1 atom stereocenters. The van der Waals surface area contributed by atoms with Gasteiger partial charge < -0.3 is 36.3 Å². The molecule has 0 aliphatic heterocycles. The molecule has 38 heavy (non-hydrogen) atoms. The first-order chi connectivity index (χ1) is 16.7. The van der Waals surface area contributed by atoms with Gasteiger partial charge in [-0.3, -0.25) is 9.59 Å². The average Bonchev–Trinajstić information content (AvgIpc) is 2.67. The van der Waals surface area contributed by atoms with E-state index in [1.165, 1.54) is 13.8 Å². The summed E-state index contributed by atoms with van der Waals surface area (Å²) in [5.74, 6) is 0.634. The van der Waals surface area contributed by atoms with Crippen LogP contribution in [0.5, 0.6) is 0 Å². The van der Waals surface area contributed by atoms with Crippen molar-refractivity contribution in [3.05, 3.63) is 12.2 Å². The Hall–Kier alpha value is -2.94. The van der Waals surface area contributed by atoms with Crippen LogP contribution in [0.4, 0.5) is 0 Å². The van der Waals surface area contributed by atoms with Gasteiger partial charge in [0.1, 0.15) is 23.1 Å². The minimum absolute atomic E-state index is 0. The molecule has 0 aromatic carbocycles. The van der Waals surface area contributed by atoms with Crippen molar-refractivity contribution in [2.24, 2.45) is 0 Å². The predicted octanol–water partition coefficient (Wildman–Crippen LogP) is 7.02. The van der Waals surface area contributed by atoms with Crippen LogP contribution in [0.15, 0.2) is 12.2 Å². The summed E-state index contributed by atoms with van der Waals surface area (Å²) in [5.41, 5.74) is 2.02. The Labute approximate surface area is 232 Å². The molecule has 0 saturated heterocycles. The molecule has 0 saturated carbocycles. The maximum absolute atomic E-state index is 10.1. The molecule has 0 aromatic rings. The second kappa shape index (κ2) is 38.6. The summed E-state index contributed by atoms with van der Waals surface area (Å²) in [6, 6.07) is 0. The van der Waals surface area contributed by atoms with E-state index in [1.807, 2.05) is 26.8 Å². The standard InChI is InChI=1S/C5H11NO.2C5H9NO.C5H9N.2C4H8O.CH4/c3*1-4(6)3-5(2)7;1-3-4-5(2)6;2*1-3-4(2)5;/h5-7H,3H2,1-2H3;2*6H,3H2,1-2H3;3-4,6H,1-2H3;2*3H2,1-2H3;1H4/b;;;4-3+,6-5?;;;. The maximum Gasteiger partial charge on any atom is 0.135 e. The van der Waals surface area contributed by atoms with Gasteiger partial charge in [-0.2, -0.15) is 0 Å². The van der Waals surface area contributed by atoms with Crippen molar-refractivity contribution >= 4 is 46.0 Å². The van der Waals surface area contributed by atoms with Crippen molar-refractivity contribution in [3.63, 3.8) is 0 Å². The topological polar surface area (TPSA) is 184 Å². The highest BCUT2D eigenvalue weighted by molar-refractivity contribution is 5.98. The molecule has 0 heterocycles. The van der Waals surface area contributed by atoms with Crippen molar-refractivity contribution in [2.45, 2.75) is 129 Å². The Balaban J connectivity index is -0.0000000607. The van der Waals surface area contributed by atoms with E-state index < -0.39 is 0 Å². The molecule has 0 amide bonds. The SMILES string of the molecule is C.C/C=C/C(C)=N.CC(=N)CC(C)=O.CC(=N)CC(C)=O.CC(=N)CC(C)O.CCC(C)=O.CCC(C)=O. The zero-order chi connectivity index (χ0) is 31.1. The third kappa shape index (κ3) is 132. The molecule has 0 aliphatic rings. The van der Waals surface area contributed by atoms with Gasteiger partial charge in [0.15, 0.2) is 0 Å². The summed E-state index contributed by atoms with van der Waals surface area (Å²) in [6.07, 6.45) is 5.69. The monoisotopic (exact) mass is 542 g/mol. The fraction of sp³-hybridized carbons (Fsp3) is 0.655. The van der Waals surface area contributed by atoms with Gasteiger partial charge in [0.25, 0.3) is 0 Å². The minimum Gasteiger partial charge on any atom is -0.393 e. The summed E-state index contributed by atoms with van der Waals surface area (Å²) in [5, 5.41) is 35.9. The molecule has 0 radical (unpaired) electrons. The highest BCUT2D eigenvalue weighted by Crippen LogP contribution is 1.88. The zero-order valence-electron chi connectivity index (χ0n) is 25.3. The first kappa shape index (κ1) is 51.7. The largest absolute Gasteiger partial charge is 0.393 e. The highest BCUT2D eigenvalue weighted by Gasteiger charge is 1.93. The second-order valence-electron chi connectivity index (χ2n) is 8.45. The van der Waals surface area contributed by atoms with Gasteiger partial charge in [0, 0.05) is 55.0 Å². The summed E-state index contributed by atoms with van der Waals surface area (Å²) in [7, 11) is 0. The molecule has 9 heteroatoms. The number of aliphatic hydroxyl groups is 1. The van der Waals surface area contributed by atoms with Crippen LogP contribution < -0.4 is 0 Å². The number of ketones is 4. The molecule has 1 unspecified atom stereocenters. The number of rotatable bonds is 9. The fourth-order valence-corrected chi connectivity index (χ4v) is 1.44.